The largest absolute Gasteiger partial charge is 0.494 e. The summed E-state index contributed by atoms with van der Waals surface area (Å²) in [6, 6.07) is 6.03. The average molecular weight is 266 g/mol. The van der Waals surface area contributed by atoms with Gasteiger partial charge in [0, 0.05) is 18.6 Å². The molecule has 0 saturated carbocycles. The molecule has 0 spiro atoms. The maximum absolute atomic E-state index is 13.8. The smallest absolute Gasteiger partial charge is 0.165 e. The molecule has 4 heteroatoms. The standard InChI is InChI=1S/C15H23FN2O/c1-11(18-8-4-5-13(10-18)17-2)12-6-7-15(19-3)14(16)9-12/h6-7,9,11,13,17H,4-5,8,10H2,1-3H3. The molecule has 0 aromatic heterocycles. The summed E-state index contributed by atoms with van der Waals surface area (Å²) in [5.41, 5.74) is 1.01. The number of halogens is 1. The monoisotopic (exact) mass is 266 g/mol. The number of ether oxygens (including phenoxy) is 1. The van der Waals surface area contributed by atoms with Gasteiger partial charge in [0.05, 0.1) is 7.11 Å². The Morgan fingerprint density at radius 1 is 1.47 bits per heavy atom. The lowest BCUT2D eigenvalue weighted by molar-refractivity contribution is 0.149. The van der Waals surface area contributed by atoms with Crippen molar-refractivity contribution in [3.05, 3.63) is 29.6 Å². The summed E-state index contributed by atoms with van der Waals surface area (Å²) in [7, 11) is 3.50. The van der Waals surface area contributed by atoms with Crippen LogP contribution in [-0.4, -0.2) is 38.2 Å². The molecule has 1 heterocycles. The van der Waals surface area contributed by atoms with E-state index >= 15 is 0 Å². The van der Waals surface area contributed by atoms with Crippen molar-refractivity contribution in [2.75, 3.05) is 27.2 Å². The molecule has 1 aromatic carbocycles. The summed E-state index contributed by atoms with van der Waals surface area (Å²) < 4.78 is 18.7. The van der Waals surface area contributed by atoms with Crippen LogP contribution in [0, 0.1) is 5.82 Å². The lowest BCUT2D eigenvalue weighted by atomic mass is 10.0. The van der Waals surface area contributed by atoms with E-state index in [0.29, 0.717) is 11.8 Å². The molecule has 2 unspecified atom stereocenters. The van der Waals surface area contributed by atoms with Crippen molar-refractivity contribution in [3.8, 4) is 5.75 Å². The minimum Gasteiger partial charge on any atom is -0.494 e. The van der Waals surface area contributed by atoms with E-state index in [0.717, 1.165) is 18.7 Å². The van der Waals surface area contributed by atoms with Gasteiger partial charge in [0.1, 0.15) is 0 Å². The number of nitrogens with one attached hydrogen (secondary N) is 1. The van der Waals surface area contributed by atoms with E-state index in [4.69, 9.17) is 4.74 Å². The molecule has 0 radical (unpaired) electrons. The summed E-state index contributed by atoms with van der Waals surface area (Å²) >= 11 is 0. The normalized spacial score (nSPS) is 22.2. The van der Waals surface area contributed by atoms with E-state index in [1.807, 2.05) is 13.1 Å². The lowest BCUT2D eigenvalue weighted by Crippen LogP contribution is -2.45. The number of benzene rings is 1. The first kappa shape index (κ1) is 14.3. The van der Waals surface area contributed by atoms with E-state index in [-0.39, 0.29) is 11.9 Å². The van der Waals surface area contributed by atoms with Gasteiger partial charge in [0.25, 0.3) is 0 Å². The van der Waals surface area contributed by atoms with Crippen molar-refractivity contribution in [3.63, 3.8) is 0 Å². The third kappa shape index (κ3) is 3.25. The Bertz CT molecular complexity index is 425. The van der Waals surface area contributed by atoms with Gasteiger partial charge in [-0.05, 0) is 51.1 Å². The van der Waals surface area contributed by atoms with Crippen molar-refractivity contribution < 1.29 is 9.13 Å². The van der Waals surface area contributed by atoms with Crippen LogP contribution in [0.1, 0.15) is 31.4 Å². The molecule has 19 heavy (non-hydrogen) atoms. The summed E-state index contributed by atoms with van der Waals surface area (Å²) in [5.74, 6) is 0.0247. The van der Waals surface area contributed by atoms with Crippen molar-refractivity contribution >= 4 is 0 Å². The fraction of sp³-hybridized carbons (Fsp3) is 0.600. The number of hydrogen-bond acceptors (Lipinski definition) is 3. The molecule has 1 saturated heterocycles. The second-order valence-electron chi connectivity index (χ2n) is 5.19. The van der Waals surface area contributed by atoms with Crippen LogP contribution in [0.3, 0.4) is 0 Å². The predicted molar refractivity (Wildman–Crippen MR) is 75.0 cm³/mol. The number of likely N-dealkylation sites (N-methyl/N-ethyl adjacent to an activating group) is 1. The zero-order valence-corrected chi connectivity index (χ0v) is 11.9. The summed E-state index contributed by atoms with van der Waals surface area (Å²) in [4.78, 5) is 2.41. The summed E-state index contributed by atoms with van der Waals surface area (Å²) in [6.45, 7) is 4.23. The van der Waals surface area contributed by atoms with Crippen LogP contribution in [0.4, 0.5) is 4.39 Å². The number of nitrogens with zero attached hydrogens (tertiary/aromatic N) is 1. The molecular formula is C15H23FN2O. The maximum Gasteiger partial charge on any atom is 0.165 e. The Hall–Kier alpha value is -1.13. The third-order valence-corrected chi connectivity index (χ3v) is 4.07. The highest BCUT2D eigenvalue weighted by molar-refractivity contribution is 5.30. The number of rotatable bonds is 4. The van der Waals surface area contributed by atoms with Gasteiger partial charge in [0.2, 0.25) is 0 Å². The Labute approximate surface area is 114 Å². The number of likely N-dealkylation sites (tertiary alicyclic amines) is 1. The molecule has 1 aliphatic rings. The zero-order valence-electron chi connectivity index (χ0n) is 11.9. The van der Waals surface area contributed by atoms with E-state index < -0.39 is 0 Å². The fourth-order valence-corrected chi connectivity index (χ4v) is 2.75. The van der Waals surface area contributed by atoms with Crippen LogP contribution in [0.5, 0.6) is 5.75 Å². The van der Waals surface area contributed by atoms with Gasteiger partial charge in [-0.2, -0.15) is 0 Å². The van der Waals surface area contributed by atoms with Crippen LogP contribution in [0.15, 0.2) is 18.2 Å². The molecule has 2 rings (SSSR count). The van der Waals surface area contributed by atoms with Crippen molar-refractivity contribution in [1.82, 2.24) is 10.2 Å². The second kappa shape index (κ2) is 6.35. The number of piperidine rings is 1. The molecule has 106 valence electrons. The molecule has 1 aliphatic heterocycles. The highest BCUT2D eigenvalue weighted by atomic mass is 19.1. The first-order valence-corrected chi connectivity index (χ1v) is 6.90. The number of hydrogen-bond donors (Lipinski definition) is 1. The van der Waals surface area contributed by atoms with Gasteiger partial charge in [-0.25, -0.2) is 4.39 Å². The molecular weight excluding hydrogens is 243 g/mol. The van der Waals surface area contributed by atoms with Crippen molar-refractivity contribution in [2.45, 2.75) is 31.8 Å². The lowest BCUT2D eigenvalue weighted by Gasteiger charge is -2.37. The molecule has 1 aromatic rings. The van der Waals surface area contributed by atoms with Gasteiger partial charge < -0.3 is 10.1 Å². The molecule has 1 N–H and O–H groups in total. The van der Waals surface area contributed by atoms with Gasteiger partial charge in [-0.1, -0.05) is 6.07 Å². The Kier molecular flexibility index (Phi) is 4.77. The molecule has 0 bridgehead atoms. The first-order chi connectivity index (χ1) is 9.15. The van der Waals surface area contributed by atoms with Crippen molar-refractivity contribution in [1.29, 1.82) is 0 Å². The Morgan fingerprint density at radius 2 is 2.26 bits per heavy atom. The van der Waals surface area contributed by atoms with Gasteiger partial charge >= 0.3 is 0 Å². The quantitative estimate of drug-likeness (QED) is 0.906. The predicted octanol–water partition coefficient (Wildman–Crippen LogP) is 2.58. The zero-order chi connectivity index (χ0) is 13.8. The van der Waals surface area contributed by atoms with E-state index in [1.165, 1.54) is 20.0 Å². The third-order valence-electron chi connectivity index (χ3n) is 4.07. The first-order valence-electron chi connectivity index (χ1n) is 6.90. The minimum absolute atomic E-state index is 0.233. The summed E-state index contributed by atoms with van der Waals surface area (Å²) in [6.07, 6.45) is 2.41. The van der Waals surface area contributed by atoms with Crippen molar-refractivity contribution in [2.24, 2.45) is 0 Å². The van der Waals surface area contributed by atoms with E-state index in [1.54, 1.807) is 12.1 Å². The highest BCUT2D eigenvalue weighted by Gasteiger charge is 2.23. The molecule has 0 aliphatic carbocycles. The molecule has 2 atom stereocenters. The molecule has 3 nitrogen and oxygen atoms in total. The Balaban J connectivity index is 2.10. The van der Waals surface area contributed by atoms with Crippen LogP contribution >= 0.6 is 0 Å². The van der Waals surface area contributed by atoms with Crippen LogP contribution < -0.4 is 10.1 Å². The Morgan fingerprint density at radius 3 is 2.89 bits per heavy atom. The van der Waals surface area contributed by atoms with E-state index in [9.17, 15) is 4.39 Å². The highest BCUT2D eigenvalue weighted by Crippen LogP contribution is 2.27. The van der Waals surface area contributed by atoms with Gasteiger partial charge in [-0.15, -0.1) is 0 Å². The molecule has 0 amide bonds. The number of methoxy groups -OCH3 is 1. The second-order valence-corrected chi connectivity index (χ2v) is 5.19. The minimum atomic E-state index is -0.283. The van der Waals surface area contributed by atoms with Crippen LogP contribution in [-0.2, 0) is 0 Å². The van der Waals surface area contributed by atoms with Crippen LogP contribution in [0.2, 0.25) is 0 Å². The maximum atomic E-state index is 13.8. The fourth-order valence-electron chi connectivity index (χ4n) is 2.75. The summed E-state index contributed by atoms with van der Waals surface area (Å²) in [5, 5.41) is 3.33. The van der Waals surface area contributed by atoms with Crippen LogP contribution in [0.25, 0.3) is 0 Å². The van der Waals surface area contributed by atoms with Gasteiger partial charge in [-0.3, -0.25) is 4.90 Å². The average Bonchev–Trinajstić information content (AvgIpc) is 2.46. The SMILES string of the molecule is CNC1CCCN(C(C)c2ccc(OC)c(F)c2)C1. The van der Waals surface area contributed by atoms with Gasteiger partial charge in [0.15, 0.2) is 11.6 Å². The molecule has 1 fully saturated rings. The topological polar surface area (TPSA) is 24.5 Å². The van der Waals surface area contributed by atoms with E-state index in [2.05, 4.69) is 17.1 Å².